The molecule has 1 unspecified atom stereocenters. The van der Waals surface area contributed by atoms with Crippen molar-refractivity contribution in [1.29, 1.82) is 0 Å². The van der Waals surface area contributed by atoms with Crippen LogP contribution in [0.1, 0.15) is 51.5 Å². The van der Waals surface area contributed by atoms with Crippen molar-refractivity contribution in [2.75, 3.05) is 0 Å². The Labute approximate surface area is 126 Å². The molecule has 0 bridgehead atoms. The van der Waals surface area contributed by atoms with E-state index in [-0.39, 0.29) is 5.69 Å². The van der Waals surface area contributed by atoms with Crippen LogP contribution in [0, 0.1) is 6.92 Å². The van der Waals surface area contributed by atoms with Crippen LogP contribution in [0.4, 0.5) is 13.2 Å². The number of carbonyl (C=O) groups excluding carboxylic acids is 1. The van der Waals surface area contributed by atoms with Crippen LogP contribution < -0.4 is 5.32 Å². The minimum atomic E-state index is -4.65. The first-order valence-corrected chi connectivity index (χ1v) is 6.92. The van der Waals surface area contributed by atoms with Gasteiger partial charge in [0.25, 0.3) is 0 Å². The van der Waals surface area contributed by atoms with Crippen LogP contribution in [-0.4, -0.2) is 21.2 Å². The highest BCUT2D eigenvalue weighted by Gasteiger charge is 2.39. The zero-order valence-corrected chi connectivity index (χ0v) is 13.4. The molecule has 0 aliphatic heterocycles. The van der Waals surface area contributed by atoms with Crippen molar-refractivity contribution in [2.24, 2.45) is 0 Å². The van der Waals surface area contributed by atoms with E-state index in [2.05, 4.69) is 10.4 Å². The van der Waals surface area contributed by atoms with Gasteiger partial charge in [-0.3, -0.25) is 9.48 Å². The Morgan fingerprint density at radius 2 is 1.95 bits per heavy atom. The van der Waals surface area contributed by atoms with Crippen LogP contribution in [0.3, 0.4) is 0 Å². The van der Waals surface area contributed by atoms with Gasteiger partial charge < -0.3 is 5.32 Å². The average Bonchev–Trinajstić information content (AvgIpc) is 2.64. The maximum Gasteiger partial charge on any atom is 0.436 e. The van der Waals surface area contributed by atoms with Gasteiger partial charge in [0.05, 0.1) is 10.7 Å². The van der Waals surface area contributed by atoms with Crippen molar-refractivity contribution in [2.45, 2.75) is 58.8 Å². The number of halogens is 4. The molecule has 1 amide bonds. The molecule has 1 rings (SSSR count). The van der Waals surface area contributed by atoms with Crippen LogP contribution in [0.25, 0.3) is 0 Å². The second-order valence-corrected chi connectivity index (χ2v) is 5.97. The number of hydrogen-bond acceptors (Lipinski definition) is 2. The third-order valence-electron chi connectivity index (χ3n) is 3.44. The van der Waals surface area contributed by atoms with Gasteiger partial charge in [-0.2, -0.15) is 18.3 Å². The summed E-state index contributed by atoms with van der Waals surface area (Å²) in [7, 11) is 0. The van der Waals surface area contributed by atoms with Crippen molar-refractivity contribution in [3.63, 3.8) is 0 Å². The van der Waals surface area contributed by atoms with E-state index in [0.29, 0.717) is 6.42 Å². The molecule has 1 N–H and O–H groups in total. The maximum absolute atomic E-state index is 12.8. The van der Waals surface area contributed by atoms with Crippen molar-refractivity contribution in [3.8, 4) is 0 Å². The van der Waals surface area contributed by atoms with E-state index in [4.69, 9.17) is 11.6 Å². The summed E-state index contributed by atoms with van der Waals surface area (Å²) in [4.78, 5) is 12.1. The molecule has 8 heteroatoms. The second kappa shape index (κ2) is 5.87. The van der Waals surface area contributed by atoms with E-state index in [9.17, 15) is 18.0 Å². The van der Waals surface area contributed by atoms with Gasteiger partial charge in [0.15, 0.2) is 5.69 Å². The third-order valence-corrected chi connectivity index (χ3v) is 3.89. The number of aromatic nitrogens is 2. The second-order valence-electron chi connectivity index (χ2n) is 5.59. The molecule has 1 atom stereocenters. The van der Waals surface area contributed by atoms with E-state index >= 15 is 0 Å². The maximum atomic E-state index is 12.8. The number of hydrogen-bond donors (Lipinski definition) is 1. The van der Waals surface area contributed by atoms with E-state index < -0.39 is 34.4 Å². The van der Waals surface area contributed by atoms with Crippen LogP contribution in [0.2, 0.25) is 5.02 Å². The Hall–Kier alpha value is -1.24. The number of nitrogens with one attached hydrogen (secondary N) is 1. The SMILES string of the molecule is CCC(C)(C)NC(=O)C(C)n1nc(C(F)(F)F)c(Cl)c1C. The lowest BCUT2D eigenvalue weighted by Gasteiger charge is -2.26. The summed E-state index contributed by atoms with van der Waals surface area (Å²) < 4.78 is 39.3. The van der Waals surface area contributed by atoms with Crippen LogP contribution in [0.15, 0.2) is 0 Å². The molecule has 1 aromatic heterocycles. The highest BCUT2D eigenvalue weighted by Crippen LogP contribution is 2.36. The Balaban J connectivity index is 3.09. The molecule has 120 valence electrons. The lowest BCUT2D eigenvalue weighted by molar-refractivity contribution is -0.142. The molecule has 0 radical (unpaired) electrons. The number of amides is 1. The Morgan fingerprint density at radius 3 is 2.33 bits per heavy atom. The quantitative estimate of drug-likeness (QED) is 0.917. The number of carbonyl (C=O) groups is 1. The molecule has 0 spiro atoms. The van der Waals surface area contributed by atoms with Crippen molar-refractivity contribution in [1.82, 2.24) is 15.1 Å². The molecule has 0 aliphatic carbocycles. The molecule has 0 aliphatic rings. The largest absolute Gasteiger partial charge is 0.436 e. The lowest BCUT2D eigenvalue weighted by Crippen LogP contribution is -2.45. The summed E-state index contributed by atoms with van der Waals surface area (Å²) in [5.41, 5.74) is -1.50. The first kappa shape index (κ1) is 17.8. The fraction of sp³-hybridized carbons (Fsp3) is 0.692. The Kier molecular flexibility index (Phi) is 4.98. The molecule has 4 nitrogen and oxygen atoms in total. The minimum absolute atomic E-state index is 0.112. The van der Waals surface area contributed by atoms with Crippen molar-refractivity contribution >= 4 is 17.5 Å². The fourth-order valence-corrected chi connectivity index (χ4v) is 1.93. The first-order chi connectivity index (χ1) is 9.40. The van der Waals surface area contributed by atoms with Gasteiger partial charge in [-0.05, 0) is 34.1 Å². The van der Waals surface area contributed by atoms with Crippen molar-refractivity contribution < 1.29 is 18.0 Å². The highest BCUT2D eigenvalue weighted by molar-refractivity contribution is 6.32. The van der Waals surface area contributed by atoms with Crippen LogP contribution in [-0.2, 0) is 11.0 Å². The standard InChI is InChI=1S/C13H19ClF3N3O/c1-6-12(4,5)18-11(21)8(3)20-7(2)9(14)10(19-20)13(15,16)17/h8H,6H2,1-5H3,(H,18,21). The molecule has 0 saturated heterocycles. The summed E-state index contributed by atoms with van der Waals surface area (Å²) >= 11 is 5.67. The topological polar surface area (TPSA) is 46.9 Å². The molecule has 0 saturated carbocycles. The van der Waals surface area contributed by atoms with Gasteiger partial charge in [0, 0.05) is 5.54 Å². The fourth-order valence-electron chi connectivity index (χ4n) is 1.69. The normalized spacial score (nSPS) is 14.1. The smallest absolute Gasteiger partial charge is 0.349 e. The zero-order valence-electron chi connectivity index (χ0n) is 12.6. The van der Waals surface area contributed by atoms with Gasteiger partial charge in [0.2, 0.25) is 5.91 Å². The highest BCUT2D eigenvalue weighted by atomic mass is 35.5. The molecule has 1 aromatic rings. The van der Waals surface area contributed by atoms with Gasteiger partial charge in [0.1, 0.15) is 6.04 Å². The lowest BCUT2D eigenvalue weighted by atomic mass is 10.0. The van der Waals surface area contributed by atoms with Gasteiger partial charge in [-0.15, -0.1) is 0 Å². The molecule has 0 aromatic carbocycles. The van der Waals surface area contributed by atoms with Crippen LogP contribution in [0.5, 0.6) is 0 Å². The van der Waals surface area contributed by atoms with Crippen molar-refractivity contribution in [3.05, 3.63) is 16.4 Å². The summed E-state index contributed by atoms with van der Waals surface area (Å²) in [5.74, 6) is -0.405. The summed E-state index contributed by atoms with van der Waals surface area (Å²) in [5, 5.41) is 5.76. The summed E-state index contributed by atoms with van der Waals surface area (Å²) in [6.45, 7) is 8.46. The van der Waals surface area contributed by atoms with E-state index in [1.165, 1.54) is 13.8 Å². The van der Waals surface area contributed by atoms with Gasteiger partial charge >= 0.3 is 6.18 Å². The van der Waals surface area contributed by atoms with Crippen LogP contribution >= 0.6 is 11.6 Å². The van der Waals surface area contributed by atoms with E-state index in [0.717, 1.165) is 4.68 Å². The van der Waals surface area contributed by atoms with Gasteiger partial charge in [-0.1, -0.05) is 18.5 Å². The predicted octanol–water partition coefficient (Wildman–Crippen LogP) is 3.73. The number of nitrogens with zero attached hydrogens (tertiary/aromatic N) is 2. The average molecular weight is 326 g/mol. The van der Waals surface area contributed by atoms with E-state index in [1.807, 2.05) is 20.8 Å². The third kappa shape index (κ3) is 3.90. The minimum Gasteiger partial charge on any atom is -0.349 e. The van der Waals surface area contributed by atoms with E-state index in [1.54, 1.807) is 0 Å². The molecular weight excluding hydrogens is 307 g/mol. The molecule has 1 heterocycles. The number of alkyl halides is 3. The Bertz CT molecular complexity index is 537. The summed E-state index contributed by atoms with van der Waals surface area (Å²) in [6.07, 6.45) is -3.95. The first-order valence-electron chi connectivity index (χ1n) is 6.54. The zero-order chi connectivity index (χ0) is 16.6. The molecule has 0 fully saturated rings. The Morgan fingerprint density at radius 1 is 1.43 bits per heavy atom. The molecule has 21 heavy (non-hydrogen) atoms. The predicted molar refractivity (Wildman–Crippen MR) is 74.2 cm³/mol. The van der Waals surface area contributed by atoms with Gasteiger partial charge in [-0.25, -0.2) is 0 Å². The number of rotatable bonds is 4. The summed E-state index contributed by atoms with van der Waals surface area (Å²) in [6, 6.07) is -0.885. The molecular formula is C13H19ClF3N3O. The monoisotopic (exact) mass is 325 g/mol.